The number of amides is 4. The smallest absolute Gasteiger partial charge is 0.319 e. The molecule has 0 aliphatic heterocycles. The number of urea groups is 1. The predicted octanol–water partition coefficient (Wildman–Crippen LogP) is 3.00. The van der Waals surface area contributed by atoms with Crippen molar-refractivity contribution in [1.82, 2.24) is 10.6 Å². The molecule has 0 fully saturated rings. The second-order valence-corrected chi connectivity index (χ2v) is 6.28. The number of hydrogen-bond donors (Lipinski definition) is 4. The molecule has 4 N–H and O–H groups in total. The monoisotopic (exact) mass is 408 g/mol. The molecule has 7 nitrogen and oxygen atoms in total. The van der Waals surface area contributed by atoms with E-state index in [4.69, 9.17) is 0 Å². The minimum Gasteiger partial charge on any atom is -0.343 e. The van der Waals surface area contributed by atoms with Crippen molar-refractivity contribution in [3.05, 3.63) is 59.4 Å². The first-order valence-corrected chi connectivity index (χ1v) is 8.56. The summed E-state index contributed by atoms with van der Waals surface area (Å²) in [6.45, 7) is 3.10. The molecule has 10 heteroatoms. The first kappa shape index (κ1) is 21.7. The summed E-state index contributed by atoms with van der Waals surface area (Å²) in [5.74, 6) is -6.04. The quantitative estimate of drug-likeness (QED) is 0.553. The van der Waals surface area contributed by atoms with Crippen molar-refractivity contribution in [3.63, 3.8) is 0 Å². The van der Waals surface area contributed by atoms with Crippen LogP contribution in [0.1, 0.15) is 24.2 Å². The van der Waals surface area contributed by atoms with Crippen molar-refractivity contribution in [1.29, 1.82) is 0 Å². The lowest BCUT2D eigenvalue weighted by Gasteiger charge is -2.11. The Morgan fingerprint density at radius 1 is 0.897 bits per heavy atom. The van der Waals surface area contributed by atoms with E-state index in [0.717, 1.165) is 6.07 Å². The van der Waals surface area contributed by atoms with Gasteiger partial charge in [0, 0.05) is 17.3 Å². The number of halogens is 3. The van der Waals surface area contributed by atoms with Crippen molar-refractivity contribution in [2.45, 2.75) is 19.9 Å². The van der Waals surface area contributed by atoms with Crippen LogP contribution in [0.5, 0.6) is 0 Å². The van der Waals surface area contributed by atoms with E-state index in [2.05, 4.69) is 16.0 Å². The summed E-state index contributed by atoms with van der Waals surface area (Å²) in [4.78, 5) is 35.5. The zero-order chi connectivity index (χ0) is 21.6. The molecule has 0 aliphatic rings. The molecule has 2 rings (SSSR count). The molecule has 0 unspecified atom stereocenters. The molecular formula is C19H19F3N4O3. The molecule has 0 bridgehead atoms. The predicted molar refractivity (Wildman–Crippen MR) is 101 cm³/mol. The van der Waals surface area contributed by atoms with Crippen LogP contribution in [-0.4, -0.2) is 30.4 Å². The molecule has 0 aromatic heterocycles. The fourth-order valence-electron chi connectivity index (χ4n) is 2.21. The van der Waals surface area contributed by atoms with Gasteiger partial charge in [-0.05, 0) is 50.2 Å². The highest BCUT2D eigenvalue weighted by Gasteiger charge is 2.16. The zero-order valence-electron chi connectivity index (χ0n) is 15.6. The Hall–Kier alpha value is -3.56. The molecule has 154 valence electrons. The first-order chi connectivity index (χ1) is 13.7. The van der Waals surface area contributed by atoms with Gasteiger partial charge in [0.15, 0.2) is 17.5 Å². The molecular weight excluding hydrogens is 389 g/mol. The number of anilines is 2. The lowest BCUT2D eigenvalue weighted by Crippen LogP contribution is -2.34. The third-order valence-electron chi connectivity index (χ3n) is 3.54. The number of rotatable bonds is 6. The fourth-order valence-corrected chi connectivity index (χ4v) is 2.21. The Morgan fingerprint density at radius 2 is 1.55 bits per heavy atom. The molecule has 0 spiro atoms. The van der Waals surface area contributed by atoms with E-state index in [1.165, 1.54) is 24.3 Å². The fraction of sp³-hybridized carbons (Fsp3) is 0.211. The summed E-state index contributed by atoms with van der Waals surface area (Å²) in [7, 11) is 0. The summed E-state index contributed by atoms with van der Waals surface area (Å²) < 4.78 is 39.6. The minimum absolute atomic E-state index is 0.0360. The Balaban J connectivity index is 1.88. The lowest BCUT2D eigenvalue weighted by atomic mass is 10.2. The van der Waals surface area contributed by atoms with Crippen LogP contribution in [0.3, 0.4) is 0 Å². The van der Waals surface area contributed by atoms with Crippen LogP contribution >= 0.6 is 0 Å². The number of nitrogens with one attached hydrogen (secondary N) is 4. The lowest BCUT2D eigenvalue weighted by molar-refractivity contribution is -0.115. The highest BCUT2D eigenvalue weighted by Crippen LogP contribution is 2.19. The van der Waals surface area contributed by atoms with Gasteiger partial charge in [-0.15, -0.1) is 0 Å². The van der Waals surface area contributed by atoms with Gasteiger partial charge in [-0.2, -0.15) is 0 Å². The van der Waals surface area contributed by atoms with Crippen LogP contribution in [0, 0.1) is 17.5 Å². The highest BCUT2D eigenvalue weighted by molar-refractivity contribution is 5.99. The van der Waals surface area contributed by atoms with Crippen molar-refractivity contribution in [2.75, 3.05) is 17.2 Å². The average Bonchev–Trinajstić information content (AvgIpc) is 2.66. The maximum atomic E-state index is 13.5. The van der Waals surface area contributed by atoms with Crippen molar-refractivity contribution in [2.24, 2.45) is 0 Å². The first-order valence-electron chi connectivity index (χ1n) is 8.56. The second-order valence-electron chi connectivity index (χ2n) is 6.28. The van der Waals surface area contributed by atoms with Crippen LogP contribution < -0.4 is 21.3 Å². The third kappa shape index (κ3) is 6.23. The zero-order valence-corrected chi connectivity index (χ0v) is 15.6. The molecule has 2 aromatic carbocycles. The number of carbonyl (C=O) groups is 3. The highest BCUT2D eigenvalue weighted by atomic mass is 19.2. The van der Waals surface area contributed by atoms with Crippen LogP contribution in [0.15, 0.2) is 36.4 Å². The Kier molecular flexibility index (Phi) is 7.18. The molecule has 0 saturated carbocycles. The van der Waals surface area contributed by atoms with Gasteiger partial charge in [-0.3, -0.25) is 9.59 Å². The van der Waals surface area contributed by atoms with E-state index >= 15 is 0 Å². The van der Waals surface area contributed by atoms with Crippen LogP contribution in [0.25, 0.3) is 0 Å². The van der Waals surface area contributed by atoms with Gasteiger partial charge >= 0.3 is 6.03 Å². The van der Waals surface area contributed by atoms with E-state index in [1.54, 1.807) is 0 Å². The van der Waals surface area contributed by atoms with Crippen molar-refractivity contribution >= 4 is 29.2 Å². The number of carbonyl (C=O) groups excluding carboxylic acids is 3. The molecule has 0 radical (unpaired) electrons. The van der Waals surface area contributed by atoms with E-state index in [-0.39, 0.29) is 11.6 Å². The molecule has 0 saturated heterocycles. The number of benzene rings is 2. The Bertz CT molecular complexity index is 918. The number of hydrogen-bond acceptors (Lipinski definition) is 3. The van der Waals surface area contributed by atoms with Crippen molar-refractivity contribution in [3.8, 4) is 0 Å². The van der Waals surface area contributed by atoms with Gasteiger partial charge in [0.1, 0.15) is 0 Å². The molecule has 29 heavy (non-hydrogen) atoms. The van der Waals surface area contributed by atoms with Crippen LogP contribution in [-0.2, 0) is 4.79 Å². The van der Waals surface area contributed by atoms with Gasteiger partial charge < -0.3 is 21.3 Å². The van der Waals surface area contributed by atoms with Gasteiger partial charge in [0.2, 0.25) is 5.91 Å². The summed E-state index contributed by atoms with van der Waals surface area (Å²) >= 11 is 0. The topological polar surface area (TPSA) is 99.3 Å². The SMILES string of the molecule is CC(C)NC(=O)Nc1ccc(C(=O)NCC(=O)Nc2ccc(F)c(F)c2F)cc1. The van der Waals surface area contributed by atoms with E-state index < -0.39 is 47.5 Å². The average molecular weight is 408 g/mol. The van der Waals surface area contributed by atoms with Crippen LogP contribution in [0.2, 0.25) is 0 Å². The van der Waals surface area contributed by atoms with E-state index in [1.807, 2.05) is 19.2 Å². The summed E-state index contributed by atoms with van der Waals surface area (Å²) in [6, 6.07) is 7.00. The van der Waals surface area contributed by atoms with Gasteiger partial charge in [0.05, 0.1) is 12.2 Å². The Labute approximate surface area is 164 Å². The van der Waals surface area contributed by atoms with Gasteiger partial charge in [-0.25, -0.2) is 18.0 Å². The maximum Gasteiger partial charge on any atom is 0.319 e. The van der Waals surface area contributed by atoms with E-state index in [9.17, 15) is 27.6 Å². The Morgan fingerprint density at radius 3 is 2.17 bits per heavy atom. The third-order valence-corrected chi connectivity index (χ3v) is 3.54. The molecule has 0 heterocycles. The standard InChI is InChI=1S/C19H19F3N4O3/c1-10(2)24-19(29)25-12-5-3-11(4-6-12)18(28)23-9-15(27)26-14-8-7-13(20)16(21)17(14)22/h3-8,10H,9H2,1-2H3,(H,23,28)(H,26,27)(H2,24,25,29). The molecule has 2 aromatic rings. The summed E-state index contributed by atoms with van der Waals surface area (Å²) in [5.41, 5.74) is 0.135. The minimum atomic E-state index is -1.71. The molecule has 4 amide bonds. The second kappa shape index (κ2) is 9.58. The van der Waals surface area contributed by atoms with Crippen molar-refractivity contribution < 1.29 is 27.6 Å². The molecule has 0 atom stereocenters. The van der Waals surface area contributed by atoms with Crippen LogP contribution in [0.4, 0.5) is 29.3 Å². The normalized spacial score (nSPS) is 10.4. The van der Waals surface area contributed by atoms with Gasteiger partial charge in [-0.1, -0.05) is 0 Å². The van der Waals surface area contributed by atoms with E-state index in [0.29, 0.717) is 11.8 Å². The summed E-state index contributed by atoms with van der Waals surface area (Å²) in [5, 5.41) is 9.59. The maximum absolute atomic E-state index is 13.5. The molecule has 0 aliphatic carbocycles. The largest absolute Gasteiger partial charge is 0.343 e. The summed E-state index contributed by atoms with van der Waals surface area (Å²) in [6.07, 6.45) is 0. The van der Waals surface area contributed by atoms with Gasteiger partial charge in [0.25, 0.3) is 5.91 Å².